The Morgan fingerprint density at radius 3 is 2.41 bits per heavy atom. The topological polar surface area (TPSA) is 93.5 Å². The first-order valence-corrected chi connectivity index (χ1v) is 9.02. The number of anilines is 2. The molecule has 0 saturated carbocycles. The molecule has 0 aliphatic heterocycles. The van der Waals surface area contributed by atoms with Crippen LogP contribution in [0.5, 0.6) is 0 Å². The van der Waals surface area contributed by atoms with Gasteiger partial charge in [0.05, 0.1) is 11.4 Å². The van der Waals surface area contributed by atoms with Gasteiger partial charge in [0.25, 0.3) is 5.91 Å². The lowest BCUT2D eigenvalue weighted by atomic mass is 10.0. The fourth-order valence-corrected chi connectivity index (χ4v) is 3.10. The number of hydrogen-bond acceptors (Lipinski definition) is 4. The van der Waals surface area contributed by atoms with Gasteiger partial charge in [0.1, 0.15) is 5.60 Å². The number of benzene rings is 2. The van der Waals surface area contributed by atoms with Crippen molar-refractivity contribution in [2.45, 2.75) is 45.3 Å². The molecule has 1 aliphatic rings. The summed E-state index contributed by atoms with van der Waals surface area (Å²) in [5, 5.41) is 5.54. The molecule has 6 heteroatoms. The summed E-state index contributed by atoms with van der Waals surface area (Å²) in [7, 11) is 0. The average Bonchev–Trinajstić information content (AvgIpc) is 2.95. The lowest BCUT2D eigenvalue weighted by Gasteiger charge is -2.20. The molecule has 2 aromatic rings. The van der Waals surface area contributed by atoms with E-state index in [1.54, 1.807) is 51.1 Å². The van der Waals surface area contributed by atoms with Crippen LogP contribution >= 0.6 is 0 Å². The minimum atomic E-state index is -0.604. The molecule has 2 amide bonds. The number of nitrogens with one attached hydrogen (secondary N) is 2. The zero-order valence-electron chi connectivity index (χ0n) is 15.8. The van der Waals surface area contributed by atoms with E-state index in [0.717, 1.165) is 24.0 Å². The minimum Gasteiger partial charge on any atom is -0.444 e. The molecule has 4 N–H and O–H groups in total. The van der Waals surface area contributed by atoms with Gasteiger partial charge in [-0.05, 0) is 69.0 Å². The molecular formula is C21H25N3O3. The SMILES string of the molecule is CC(C)(C)OC(=O)Nc1ccccc1NC(=O)c1ccc2c(c1)CCC2N. The number of rotatable bonds is 3. The fraction of sp³-hybridized carbons (Fsp3) is 0.333. The summed E-state index contributed by atoms with van der Waals surface area (Å²) >= 11 is 0. The van der Waals surface area contributed by atoms with Crippen LogP contribution in [0.1, 0.15) is 54.7 Å². The highest BCUT2D eigenvalue weighted by atomic mass is 16.6. The third-order valence-corrected chi connectivity index (χ3v) is 4.34. The van der Waals surface area contributed by atoms with E-state index in [-0.39, 0.29) is 11.9 Å². The molecular weight excluding hydrogens is 342 g/mol. The molecule has 1 unspecified atom stereocenters. The quantitative estimate of drug-likeness (QED) is 0.757. The van der Waals surface area contributed by atoms with Gasteiger partial charge in [-0.15, -0.1) is 0 Å². The Hall–Kier alpha value is -2.86. The monoisotopic (exact) mass is 367 g/mol. The highest BCUT2D eigenvalue weighted by Gasteiger charge is 2.21. The molecule has 1 aliphatic carbocycles. The fourth-order valence-electron chi connectivity index (χ4n) is 3.10. The number of ether oxygens (including phenoxy) is 1. The van der Waals surface area contributed by atoms with Crippen molar-refractivity contribution in [3.05, 3.63) is 59.2 Å². The number of fused-ring (bicyclic) bond motifs is 1. The van der Waals surface area contributed by atoms with Crippen LogP contribution in [0.15, 0.2) is 42.5 Å². The van der Waals surface area contributed by atoms with Crippen molar-refractivity contribution in [1.29, 1.82) is 0 Å². The Morgan fingerprint density at radius 2 is 1.74 bits per heavy atom. The maximum atomic E-state index is 12.7. The Bertz CT molecular complexity index is 871. The number of carbonyl (C=O) groups excluding carboxylic acids is 2. The summed E-state index contributed by atoms with van der Waals surface area (Å²) in [4.78, 5) is 24.7. The lowest BCUT2D eigenvalue weighted by Crippen LogP contribution is -2.27. The third-order valence-electron chi connectivity index (χ3n) is 4.34. The molecule has 0 spiro atoms. The summed E-state index contributed by atoms with van der Waals surface area (Å²) in [5.74, 6) is -0.239. The highest BCUT2D eigenvalue weighted by Crippen LogP contribution is 2.30. The van der Waals surface area contributed by atoms with Gasteiger partial charge in [-0.25, -0.2) is 4.79 Å². The molecule has 0 radical (unpaired) electrons. The summed E-state index contributed by atoms with van der Waals surface area (Å²) in [5.41, 5.74) is 9.23. The second kappa shape index (κ2) is 7.40. The summed E-state index contributed by atoms with van der Waals surface area (Å²) in [6.07, 6.45) is 1.22. The largest absolute Gasteiger partial charge is 0.444 e. The van der Waals surface area contributed by atoms with Gasteiger partial charge < -0.3 is 15.8 Å². The zero-order chi connectivity index (χ0) is 19.6. The second-order valence-corrected chi connectivity index (χ2v) is 7.69. The lowest BCUT2D eigenvalue weighted by molar-refractivity contribution is 0.0635. The van der Waals surface area contributed by atoms with Crippen molar-refractivity contribution >= 4 is 23.4 Å². The van der Waals surface area contributed by atoms with Gasteiger partial charge in [0.2, 0.25) is 0 Å². The smallest absolute Gasteiger partial charge is 0.412 e. The van der Waals surface area contributed by atoms with Crippen LogP contribution < -0.4 is 16.4 Å². The van der Waals surface area contributed by atoms with Crippen molar-refractivity contribution in [3.63, 3.8) is 0 Å². The molecule has 3 rings (SSSR count). The summed E-state index contributed by atoms with van der Waals surface area (Å²) in [6, 6.07) is 12.7. The van der Waals surface area contributed by atoms with Crippen molar-refractivity contribution in [1.82, 2.24) is 0 Å². The van der Waals surface area contributed by atoms with Gasteiger partial charge >= 0.3 is 6.09 Å². The van der Waals surface area contributed by atoms with Crippen molar-refractivity contribution < 1.29 is 14.3 Å². The minimum absolute atomic E-state index is 0.0517. The molecule has 0 fully saturated rings. The predicted octanol–water partition coefficient (Wildman–Crippen LogP) is 4.23. The van der Waals surface area contributed by atoms with Crippen LogP contribution in [-0.2, 0) is 11.2 Å². The molecule has 1 atom stereocenters. The molecule has 6 nitrogen and oxygen atoms in total. The Kier molecular flexibility index (Phi) is 5.19. The Balaban J connectivity index is 1.74. The van der Waals surface area contributed by atoms with E-state index < -0.39 is 11.7 Å². The van der Waals surface area contributed by atoms with E-state index in [1.165, 1.54) is 0 Å². The first-order chi connectivity index (χ1) is 12.7. The predicted molar refractivity (Wildman–Crippen MR) is 106 cm³/mol. The van der Waals surface area contributed by atoms with Crippen molar-refractivity contribution in [2.75, 3.05) is 10.6 Å². The second-order valence-electron chi connectivity index (χ2n) is 7.69. The van der Waals surface area contributed by atoms with Gasteiger partial charge in [0, 0.05) is 11.6 Å². The number of amides is 2. The number of hydrogen-bond donors (Lipinski definition) is 3. The van der Waals surface area contributed by atoms with Crippen LogP contribution in [-0.4, -0.2) is 17.6 Å². The first-order valence-electron chi connectivity index (χ1n) is 9.02. The number of para-hydroxylation sites is 2. The van der Waals surface area contributed by atoms with E-state index in [0.29, 0.717) is 16.9 Å². The van der Waals surface area contributed by atoms with Crippen LogP contribution in [0.25, 0.3) is 0 Å². The molecule has 0 aromatic heterocycles. The molecule has 27 heavy (non-hydrogen) atoms. The molecule has 142 valence electrons. The van der Waals surface area contributed by atoms with Crippen molar-refractivity contribution in [2.24, 2.45) is 5.73 Å². The van der Waals surface area contributed by atoms with Crippen LogP contribution in [0.4, 0.5) is 16.2 Å². The van der Waals surface area contributed by atoms with Gasteiger partial charge in [-0.1, -0.05) is 18.2 Å². The molecule has 2 aromatic carbocycles. The maximum absolute atomic E-state index is 12.7. The molecule has 0 bridgehead atoms. The number of carbonyl (C=O) groups is 2. The van der Waals surface area contributed by atoms with Crippen LogP contribution in [0.2, 0.25) is 0 Å². The van der Waals surface area contributed by atoms with E-state index in [2.05, 4.69) is 10.6 Å². The van der Waals surface area contributed by atoms with E-state index in [9.17, 15) is 9.59 Å². The maximum Gasteiger partial charge on any atom is 0.412 e. The third kappa shape index (κ3) is 4.65. The summed E-state index contributed by atoms with van der Waals surface area (Å²) in [6.45, 7) is 5.38. The molecule has 0 saturated heterocycles. The number of aryl methyl sites for hydroxylation is 1. The van der Waals surface area contributed by atoms with E-state index >= 15 is 0 Å². The first kappa shape index (κ1) is 18.9. The van der Waals surface area contributed by atoms with Crippen molar-refractivity contribution in [3.8, 4) is 0 Å². The normalized spacial score (nSPS) is 15.8. The highest BCUT2D eigenvalue weighted by molar-refractivity contribution is 6.07. The van der Waals surface area contributed by atoms with Crippen LogP contribution in [0, 0.1) is 0 Å². The van der Waals surface area contributed by atoms with Gasteiger partial charge in [0.15, 0.2) is 0 Å². The van der Waals surface area contributed by atoms with Crippen LogP contribution in [0.3, 0.4) is 0 Å². The Morgan fingerprint density at radius 1 is 1.07 bits per heavy atom. The van der Waals surface area contributed by atoms with Gasteiger partial charge in [-0.2, -0.15) is 0 Å². The standard InChI is InChI=1S/C21H25N3O3/c1-21(2,3)27-20(26)24-18-7-5-4-6-17(18)23-19(25)14-8-10-15-13(12-14)9-11-16(15)22/h4-8,10,12,16H,9,11,22H2,1-3H3,(H,23,25)(H,24,26). The van der Waals surface area contributed by atoms with E-state index in [1.807, 2.05) is 12.1 Å². The van der Waals surface area contributed by atoms with Gasteiger partial charge in [-0.3, -0.25) is 10.1 Å². The van der Waals surface area contributed by atoms with E-state index in [4.69, 9.17) is 10.5 Å². The zero-order valence-corrected chi connectivity index (χ0v) is 15.8. The Labute approximate surface area is 159 Å². The average molecular weight is 367 g/mol. The molecule has 0 heterocycles. The number of nitrogens with two attached hydrogens (primary N) is 1. The summed E-state index contributed by atoms with van der Waals surface area (Å²) < 4.78 is 5.27.